The Morgan fingerprint density at radius 1 is 1.31 bits per heavy atom. The molecule has 1 atom stereocenters. The van der Waals surface area contributed by atoms with Crippen LogP contribution < -0.4 is 9.47 Å². The lowest BCUT2D eigenvalue weighted by atomic mass is 10.0. The van der Waals surface area contributed by atoms with Crippen molar-refractivity contribution in [3.63, 3.8) is 0 Å². The summed E-state index contributed by atoms with van der Waals surface area (Å²) in [5.41, 5.74) is 0.884. The molecule has 0 fully saturated rings. The van der Waals surface area contributed by atoms with Crippen LogP contribution in [-0.2, 0) is 4.74 Å². The van der Waals surface area contributed by atoms with Crippen LogP contribution in [0.4, 0.5) is 0 Å². The van der Waals surface area contributed by atoms with Crippen LogP contribution in [0.1, 0.15) is 17.2 Å². The Balaban J connectivity index is 2.70. The van der Waals surface area contributed by atoms with Gasteiger partial charge in [-0.1, -0.05) is 0 Å². The number of fused-ring (bicyclic) bond motifs is 1. The van der Waals surface area contributed by atoms with E-state index in [9.17, 15) is 4.79 Å². The second kappa shape index (κ2) is 3.74. The molecule has 0 aromatic heterocycles. The van der Waals surface area contributed by atoms with Crippen LogP contribution in [0.5, 0.6) is 11.5 Å². The van der Waals surface area contributed by atoms with Crippen LogP contribution in [0.25, 0.3) is 0 Å². The van der Waals surface area contributed by atoms with E-state index in [0.29, 0.717) is 22.6 Å². The highest BCUT2D eigenvalue weighted by atomic mass is 16.6. The molecule has 1 aliphatic heterocycles. The maximum absolute atomic E-state index is 9.62. The van der Waals surface area contributed by atoms with Crippen molar-refractivity contribution in [2.75, 3.05) is 14.2 Å². The fourth-order valence-electron chi connectivity index (χ4n) is 1.73. The van der Waals surface area contributed by atoms with Gasteiger partial charge in [-0.05, 0) is 12.1 Å². The van der Waals surface area contributed by atoms with Gasteiger partial charge in [0.15, 0.2) is 5.56 Å². The summed E-state index contributed by atoms with van der Waals surface area (Å²) in [7, 11) is 2.97. The zero-order valence-electron chi connectivity index (χ0n) is 8.85. The Morgan fingerprint density at radius 3 is 2.50 bits per heavy atom. The maximum atomic E-state index is 9.62. The van der Waals surface area contributed by atoms with Gasteiger partial charge in [-0.25, -0.2) is 0 Å². The molecule has 1 unspecified atom stereocenters. The first-order valence-corrected chi connectivity index (χ1v) is 4.60. The highest BCUT2D eigenvalue weighted by Crippen LogP contribution is 2.41. The Morgan fingerprint density at radius 2 is 1.94 bits per heavy atom. The lowest BCUT2D eigenvalue weighted by Gasteiger charge is -2.06. The summed E-state index contributed by atoms with van der Waals surface area (Å²) in [5, 5.41) is 8.92. The molecule has 0 aliphatic carbocycles. The van der Waals surface area contributed by atoms with Crippen LogP contribution in [0.3, 0.4) is 0 Å². The third kappa shape index (κ3) is 1.27. The normalized spacial score (nSPS) is 17.3. The lowest BCUT2D eigenvalue weighted by molar-refractivity contribution is 0.239. The van der Waals surface area contributed by atoms with Crippen molar-refractivity contribution in [1.82, 2.24) is 0 Å². The quantitative estimate of drug-likeness (QED) is 0.553. The molecule has 82 valence electrons. The molecule has 1 N–H and O–H groups in total. The second-order valence-electron chi connectivity index (χ2n) is 3.19. The summed E-state index contributed by atoms with van der Waals surface area (Å²) in [5.74, 6) is 0.634. The number of hydrogen-bond acceptors (Lipinski definition) is 4. The van der Waals surface area contributed by atoms with E-state index in [1.165, 1.54) is 14.2 Å². The highest BCUT2D eigenvalue weighted by Gasteiger charge is 2.44. The molecule has 0 bridgehead atoms. The molecule has 1 aromatic carbocycles. The van der Waals surface area contributed by atoms with Gasteiger partial charge >= 0.3 is 12.1 Å². The van der Waals surface area contributed by atoms with Gasteiger partial charge in [0.25, 0.3) is 0 Å². The molecule has 5 nitrogen and oxygen atoms in total. The molecule has 1 heterocycles. The average Bonchev–Trinajstić information content (AvgIpc) is 2.66. The molecule has 1 aromatic rings. The minimum absolute atomic E-state index is 0.308. The van der Waals surface area contributed by atoms with E-state index < -0.39 is 6.10 Å². The molecule has 5 heteroatoms. The van der Waals surface area contributed by atoms with Crippen LogP contribution in [-0.4, -0.2) is 25.0 Å². The molecule has 2 rings (SSSR count). The fourth-order valence-corrected chi connectivity index (χ4v) is 1.73. The standard InChI is InChI=1S/C11H9NO4/c1-14-6-3-4-7(15-2)10-9(6)8(5-12)16-11(10)13/h3-4,8H,1-2H3/p+1. The maximum Gasteiger partial charge on any atom is 0.523 e. The number of benzene rings is 1. The molecule has 1 aliphatic rings. The van der Waals surface area contributed by atoms with E-state index >= 15 is 0 Å². The van der Waals surface area contributed by atoms with Crippen molar-refractivity contribution in [2.24, 2.45) is 0 Å². The number of ether oxygens (including phenoxy) is 3. The third-order valence-corrected chi connectivity index (χ3v) is 2.43. The van der Waals surface area contributed by atoms with Crippen LogP contribution in [0.2, 0.25) is 0 Å². The molecule has 0 spiro atoms. The fraction of sp³-hybridized carbons (Fsp3) is 0.273. The predicted octanol–water partition coefficient (Wildman–Crippen LogP) is 1.15. The number of hydrogen-bond donors (Lipinski definition) is 0. The van der Waals surface area contributed by atoms with Crippen molar-refractivity contribution in [3.05, 3.63) is 23.3 Å². The zero-order valence-corrected chi connectivity index (χ0v) is 8.85. The lowest BCUT2D eigenvalue weighted by Crippen LogP contribution is -2.00. The van der Waals surface area contributed by atoms with E-state index in [-0.39, 0.29) is 5.97 Å². The highest BCUT2D eigenvalue weighted by molar-refractivity contribution is 5.99. The molecular weight excluding hydrogens is 210 g/mol. The minimum atomic E-state index is -0.861. The van der Waals surface area contributed by atoms with Gasteiger partial charge in [0, 0.05) is 0 Å². The van der Waals surface area contributed by atoms with Gasteiger partial charge in [0.1, 0.15) is 23.1 Å². The van der Waals surface area contributed by atoms with E-state index in [4.69, 9.17) is 19.5 Å². The summed E-state index contributed by atoms with van der Waals surface area (Å²) in [4.78, 5) is 9.62. The smallest absolute Gasteiger partial charge is 0.496 e. The van der Waals surface area contributed by atoms with E-state index in [0.717, 1.165) is 0 Å². The van der Waals surface area contributed by atoms with Gasteiger partial charge in [-0.2, -0.15) is 5.26 Å². The summed E-state index contributed by atoms with van der Waals surface area (Å²) in [6.45, 7) is 0. The minimum Gasteiger partial charge on any atom is -0.496 e. The Bertz CT molecular complexity index is 489. The first-order chi connectivity index (χ1) is 7.72. The zero-order chi connectivity index (χ0) is 11.7. The van der Waals surface area contributed by atoms with Crippen molar-refractivity contribution >= 4 is 5.97 Å². The van der Waals surface area contributed by atoms with E-state index in [1.807, 2.05) is 6.07 Å². The van der Waals surface area contributed by atoms with Gasteiger partial charge in [0.2, 0.25) is 0 Å². The third-order valence-electron chi connectivity index (χ3n) is 2.43. The molecule has 0 radical (unpaired) electrons. The van der Waals surface area contributed by atoms with Crippen molar-refractivity contribution < 1.29 is 19.0 Å². The van der Waals surface area contributed by atoms with Crippen LogP contribution in [0, 0.1) is 11.3 Å². The number of methoxy groups -OCH3 is 2. The Labute approximate surface area is 92.1 Å². The Kier molecular flexibility index (Phi) is 2.41. The first-order valence-electron chi connectivity index (χ1n) is 4.60. The largest absolute Gasteiger partial charge is 0.523 e. The van der Waals surface area contributed by atoms with E-state index in [1.54, 1.807) is 12.1 Å². The summed E-state index contributed by atoms with van der Waals surface area (Å²) < 4.78 is 15.2. The number of nitrogens with zero attached hydrogens (tertiary/aromatic N) is 1. The van der Waals surface area contributed by atoms with Gasteiger partial charge in [0.05, 0.1) is 14.2 Å². The second-order valence-corrected chi connectivity index (χ2v) is 3.19. The summed E-state index contributed by atoms with van der Waals surface area (Å²) in [6, 6.07) is 5.26. The SMILES string of the molecule is COc1ccc(OC)c2c1C(=[OH+])OC2C#N. The number of esters is 1. The summed E-state index contributed by atoms with van der Waals surface area (Å²) >= 11 is 0. The molecule has 0 amide bonds. The monoisotopic (exact) mass is 220 g/mol. The number of cyclic esters (lactones) is 1. The topological polar surface area (TPSA) is 72.9 Å². The molecule has 16 heavy (non-hydrogen) atoms. The number of nitriles is 1. The van der Waals surface area contributed by atoms with Gasteiger partial charge in [-0.3, -0.25) is 4.74 Å². The average molecular weight is 220 g/mol. The van der Waals surface area contributed by atoms with Gasteiger partial charge < -0.3 is 14.3 Å². The van der Waals surface area contributed by atoms with Crippen LogP contribution >= 0.6 is 0 Å². The van der Waals surface area contributed by atoms with E-state index in [2.05, 4.69) is 0 Å². The summed E-state index contributed by atoms with van der Waals surface area (Å²) in [6.07, 6.45) is -0.861. The predicted molar refractivity (Wildman–Crippen MR) is 55.0 cm³/mol. The first kappa shape index (κ1) is 10.3. The molecular formula is C11H10NO4+. The van der Waals surface area contributed by atoms with Crippen LogP contribution in [0.15, 0.2) is 12.1 Å². The van der Waals surface area contributed by atoms with Crippen molar-refractivity contribution in [3.8, 4) is 17.6 Å². The van der Waals surface area contributed by atoms with Crippen molar-refractivity contribution in [1.29, 1.82) is 5.26 Å². The molecule has 0 saturated heterocycles. The molecule has 0 saturated carbocycles. The van der Waals surface area contributed by atoms with Crippen molar-refractivity contribution in [2.45, 2.75) is 6.10 Å². The Hall–Kier alpha value is -2.22. The number of rotatable bonds is 2. The van der Waals surface area contributed by atoms with Gasteiger partial charge in [-0.15, -0.1) is 0 Å². The number of carbonyl (C=O) groups excluding carboxylic acids is 1.